The number of rotatable bonds is 10. The molecule has 166 valence electrons. The minimum absolute atomic E-state index is 0.0348. The lowest BCUT2D eigenvalue weighted by atomic mass is 10.1. The lowest BCUT2D eigenvalue weighted by molar-refractivity contribution is -0.136. The molecule has 0 saturated carbocycles. The first-order valence-electron chi connectivity index (χ1n) is 10.8. The number of aliphatic carboxylic acids is 1. The van der Waals surface area contributed by atoms with Crippen LogP contribution in [0.4, 0.5) is 17.5 Å². The fraction of sp³-hybridized carbons (Fsp3) is 0.154. The van der Waals surface area contributed by atoms with Crippen LogP contribution in [0.1, 0.15) is 23.2 Å². The monoisotopic (exact) mass is 439 g/mol. The van der Waals surface area contributed by atoms with E-state index in [4.69, 9.17) is 5.11 Å². The summed E-state index contributed by atoms with van der Waals surface area (Å²) in [5.74, 6) is 0.533. The average Bonchev–Trinajstić information content (AvgIpc) is 2.87. The Balaban J connectivity index is 1.56. The minimum atomic E-state index is -0.841. The summed E-state index contributed by atoms with van der Waals surface area (Å²) in [5.41, 5.74) is 3.91. The van der Waals surface area contributed by atoms with Gasteiger partial charge >= 0.3 is 5.97 Å². The molecule has 0 atom stereocenters. The van der Waals surface area contributed by atoms with Gasteiger partial charge in [0, 0.05) is 36.7 Å². The predicted molar refractivity (Wildman–Crippen MR) is 128 cm³/mol. The average molecular weight is 440 g/mol. The Labute approximate surface area is 192 Å². The van der Waals surface area contributed by atoms with E-state index in [9.17, 15) is 4.79 Å². The van der Waals surface area contributed by atoms with Crippen molar-refractivity contribution in [2.75, 3.05) is 10.2 Å². The van der Waals surface area contributed by atoms with Crippen LogP contribution in [0, 0.1) is 0 Å². The third-order valence-corrected chi connectivity index (χ3v) is 5.11. The van der Waals surface area contributed by atoms with Gasteiger partial charge in [-0.05, 0) is 41.5 Å². The van der Waals surface area contributed by atoms with Gasteiger partial charge in [0.2, 0.25) is 5.95 Å². The van der Waals surface area contributed by atoms with Gasteiger partial charge in [-0.2, -0.15) is 0 Å². The molecule has 0 bridgehead atoms. The lowest BCUT2D eigenvalue weighted by Crippen LogP contribution is -2.19. The first-order chi connectivity index (χ1) is 16.2. The van der Waals surface area contributed by atoms with E-state index in [-0.39, 0.29) is 6.42 Å². The molecule has 7 nitrogen and oxygen atoms in total. The van der Waals surface area contributed by atoms with Crippen molar-refractivity contribution in [2.45, 2.75) is 25.9 Å². The normalized spacial score (nSPS) is 10.5. The van der Waals surface area contributed by atoms with Gasteiger partial charge in [-0.25, -0.2) is 15.0 Å². The van der Waals surface area contributed by atoms with Crippen molar-refractivity contribution in [3.8, 4) is 0 Å². The van der Waals surface area contributed by atoms with Gasteiger partial charge in [-0.1, -0.05) is 48.5 Å². The third kappa shape index (κ3) is 6.36. The van der Waals surface area contributed by atoms with Crippen LogP contribution in [0.15, 0.2) is 91.3 Å². The molecule has 33 heavy (non-hydrogen) atoms. The van der Waals surface area contributed by atoms with Crippen molar-refractivity contribution in [2.24, 2.45) is 0 Å². The van der Waals surface area contributed by atoms with Gasteiger partial charge in [-0.3, -0.25) is 4.79 Å². The highest BCUT2D eigenvalue weighted by atomic mass is 16.4. The molecule has 0 radical (unpaired) electrons. The van der Waals surface area contributed by atoms with Crippen LogP contribution in [0.25, 0.3) is 0 Å². The second-order valence-corrected chi connectivity index (χ2v) is 7.55. The van der Waals surface area contributed by atoms with Crippen molar-refractivity contribution in [3.63, 3.8) is 0 Å². The van der Waals surface area contributed by atoms with Crippen LogP contribution in [0.3, 0.4) is 0 Å². The zero-order valence-electron chi connectivity index (χ0n) is 18.1. The van der Waals surface area contributed by atoms with Gasteiger partial charge < -0.3 is 15.3 Å². The Morgan fingerprint density at radius 2 is 1.64 bits per heavy atom. The van der Waals surface area contributed by atoms with Gasteiger partial charge in [0.05, 0.1) is 13.0 Å². The molecule has 0 aliphatic carbocycles. The van der Waals surface area contributed by atoms with E-state index < -0.39 is 5.97 Å². The SMILES string of the molecule is O=C(O)CCc1ccnc(N(Cc2ccccc2)c2ccc(CNc3ccccn3)cc2)n1. The number of pyridine rings is 1. The van der Waals surface area contributed by atoms with Crippen LogP contribution >= 0.6 is 0 Å². The molecule has 2 aromatic heterocycles. The van der Waals surface area contributed by atoms with Crippen molar-refractivity contribution >= 4 is 23.4 Å². The number of hydrogen-bond acceptors (Lipinski definition) is 6. The van der Waals surface area contributed by atoms with Gasteiger partial charge in [-0.15, -0.1) is 0 Å². The number of nitrogens with one attached hydrogen (secondary N) is 1. The van der Waals surface area contributed by atoms with E-state index in [1.54, 1.807) is 18.5 Å². The van der Waals surface area contributed by atoms with E-state index in [0.29, 0.717) is 31.2 Å². The zero-order chi connectivity index (χ0) is 22.9. The summed E-state index contributed by atoms with van der Waals surface area (Å²) in [5, 5.41) is 12.3. The van der Waals surface area contributed by atoms with Crippen LogP contribution in [0.5, 0.6) is 0 Å². The maximum atomic E-state index is 11.0. The third-order valence-electron chi connectivity index (χ3n) is 5.11. The number of benzene rings is 2. The number of carboxylic acid groups (broad SMARTS) is 1. The molecule has 4 rings (SSSR count). The van der Waals surface area contributed by atoms with E-state index in [1.807, 2.05) is 53.4 Å². The Morgan fingerprint density at radius 3 is 2.36 bits per heavy atom. The van der Waals surface area contributed by atoms with E-state index >= 15 is 0 Å². The first-order valence-corrected chi connectivity index (χ1v) is 10.8. The van der Waals surface area contributed by atoms with Crippen molar-refractivity contribution in [3.05, 3.63) is 108 Å². The molecular formula is C26H25N5O2. The molecule has 0 amide bonds. The fourth-order valence-corrected chi connectivity index (χ4v) is 3.39. The number of aromatic nitrogens is 3. The maximum absolute atomic E-state index is 11.0. The lowest BCUT2D eigenvalue weighted by Gasteiger charge is -2.23. The van der Waals surface area contributed by atoms with Crippen molar-refractivity contribution in [1.29, 1.82) is 0 Å². The van der Waals surface area contributed by atoms with E-state index in [1.165, 1.54) is 0 Å². The summed E-state index contributed by atoms with van der Waals surface area (Å²) in [6.07, 6.45) is 3.84. The molecule has 4 aromatic rings. The molecular weight excluding hydrogens is 414 g/mol. The molecule has 0 unspecified atom stereocenters. The largest absolute Gasteiger partial charge is 0.481 e. The number of carboxylic acids is 1. The van der Waals surface area contributed by atoms with Crippen LogP contribution in [-0.4, -0.2) is 26.0 Å². The Bertz CT molecular complexity index is 1170. The van der Waals surface area contributed by atoms with Crippen LogP contribution in [0.2, 0.25) is 0 Å². The van der Waals surface area contributed by atoms with Crippen LogP contribution < -0.4 is 10.2 Å². The highest BCUT2D eigenvalue weighted by Gasteiger charge is 2.14. The molecule has 2 N–H and O–H groups in total. The number of hydrogen-bond donors (Lipinski definition) is 2. The smallest absolute Gasteiger partial charge is 0.303 e. The number of anilines is 3. The number of aryl methyl sites for hydroxylation is 1. The summed E-state index contributed by atoms with van der Waals surface area (Å²) < 4.78 is 0. The van der Waals surface area contributed by atoms with E-state index in [0.717, 1.165) is 22.6 Å². The summed E-state index contributed by atoms with van der Waals surface area (Å²) >= 11 is 0. The highest BCUT2D eigenvalue weighted by Crippen LogP contribution is 2.25. The van der Waals surface area contributed by atoms with Gasteiger partial charge in [0.1, 0.15) is 5.82 Å². The molecule has 2 heterocycles. The molecule has 0 fully saturated rings. The predicted octanol–water partition coefficient (Wildman–Crippen LogP) is 4.84. The van der Waals surface area contributed by atoms with Crippen molar-refractivity contribution < 1.29 is 9.90 Å². The number of nitrogens with zero attached hydrogens (tertiary/aromatic N) is 4. The molecule has 0 aliphatic rings. The first kappa shape index (κ1) is 22.0. The van der Waals surface area contributed by atoms with Crippen molar-refractivity contribution in [1.82, 2.24) is 15.0 Å². The highest BCUT2D eigenvalue weighted by molar-refractivity contribution is 5.67. The topological polar surface area (TPSA) is 91.2 Å². The molecule has 7 heteroatoms. The Hall–Kier alpha value is -4.26. The summed E-state index contributed by atoms with van der Waals surface area (Å²) in [6.45, 7) is 1.26. The fourth-order valence-electron chi connectivity index (χ4n) is 3.39. The van der Waals surface area contributed by atoms with Gasteiger partial charge in [0.15, 0.2) is 0 Å². The quantitative estimate of drug-likeness (QED) is 0.365. The Kier molecular flexibility index (Phi) is 7.22. The molecule has 0 saturated heterocycles. The second-order valence-electron chi connectivity index (χ2n) is 7.55. The minimum Gasteiger partial charge on any atom is -0.481 e. The van der Waals surface area contributed by atoms with Gasteiger partial charge in [0.25, 0.3) is 0 Å². The summed E-state index contributed by atoms with van der Waals surface area (Å²) in [7, 11) is 0. The summed E-state index contributed by atoms with van der Waals surface area (Å²) in [4.78, 5) is 26.4. The second kappa shape index (κ2) is 10.9. The van der Waals surface area contributed by atoms with Crippen LogP contribution in [-0.2, 0) is 24.3 Å². The maximum Gasteiger partial charge on any atom is 0.303 e. The number of carbonyl (C=O) groups is 1. The zero-order valence-corrected chi connectivity index (χ0v) is 18.1. The molecule has 0 spiro atoms. The van der Waals surface area contributed by atoms with E-state index in [2.05, 4.69) is 44.5 Å². The summed E-state index contributed by atoms with van der Waals surface area (Å²) in [6, 6.07) is 25.9. The Morgan fingerprint density at radius 1 is 0.848 bits per heavy atom. The molecule has 2 aromatic carbocycles. The standard InChI is InChI=1S/C26H25N5O2/c32-25(33)14-11-22-15-17-28-26(30-22)31(19-21-6-2-1-3-7-21)23-12-9-20(10-13-23)18-29-24-8-4-5-16-27-24/h1-10,12-13,15-17H,11,14,18-19H2,(H,27,29)(H,32,33). The molecule has 0 aliphatic heterocycles.